The minimum atomic E-state index is -0.252. The molecule has 0 saturated carbocycles. The van der Waals surface area contributed by atoms with Crippen molar-refractivity contribution in [2.75, 3.05) is 38.3 Å². The minimum Gasteiger partial charge on any atom is -0.490 e. The molecule has 30 heavy (non-hydrogen) atoms. The monoisotopic (exact) mass is 434 g/mol. The fraction of sp³-hybridized carbons (Fsp3) is 0.435. The van der Waals surface area contributed by atoms with E-state index in [4.69, 9.17) is 25.8 Å². The molecular weight excluding hydrogens is 404 g/mol. The van der Waals surface area contributed by atoms with Crippen molar-refractivity contribution in [3.8, 4) is 11.5 Å². The van der Waals surface area contributed by atoms with Gasteiger partial charge in [-0.15, -0.1) is 0 Å². The van der Waals surface area contributed by atoms with Gasteiger partial charge in [0.1, 0.15) is 0 Å². The van der Waals surface area contributed by atoms with Crippen LogP contribution in [0.4, 0.5) is 5.69 Å². The van der Waals surface area contributed by atoms with Crippen LogP contribution in [0.5, 0.6) is 11.5 Å². The van der Waals surface area contributed by atoms with E-state index >= 15 is 0 Å². The Bertz CT molecular complexity index is 797. The second-order valence-corrected chi connectivity index (χ2v) is 7.16. The molecule has 0 fully saturated rings. The van der Waals surface area contributed by atoms with E-state index in [0.29, 0.717) is 29.7 Å². The third kappa shape index (κ3) is 8.22. The summed E-state index contributed by atoms with van der Waals surface area (Å²) >= 11 is 6.42. The van der Waals surface area contributed by atoms with E-state index in [1.807, 2.05) is 51.1 Å². The molecule has 1 amide bonds. The predicted molar refractivity (Wildman–Crippen MR) is 121 cm³/mol. The summed E-state index contributed by atoms with van der Waals surface area (Å²) in [6.45, 7) is 9.12. The fourth-order valence-electron chi connectivity index (χ4n) is 2.74. The number of ether oxygens (including phenoxy) is 3. The largest absolute Gasteiger partial charge is 0.490 e. The molecule has 0 saturated heterocycles. The van der Waals surface area contributed by atoms with Crippen LogP contribution in [0.3, 0.4) is 0 Å². The molecule has 0 atom stereocenters. The number of benzene rings is 2. The number of halogens is 1. The summed E-state index contributed by atoms with van der Waals surface area (Å²) in [6.07, 6.45) is 0.932. The van der Waals surface area contributed by atoms with Gasteiger partial charge >= 0.3 is 0 Å². The molecule has 0 spiro atoms. The lowest BCUT2D eigenvalue weighted by molar-refractivity contribution is -0.118. The van der Waals surface area contributed by atoms with E-state index in [2.05, 4.69) is 10.6 Å². The second-order valence-electron chi connectivity index (χ2n) is 6.75. The first-order valence-corrected chi connectivity index (χ1v) is 10.6. The zero-order chi connectivity index (χ0) is 21.8. The average molecular weight is 435 g/mol. The van der Waals surface area contributed by atoms with Gasteiger partial charge in [0.05, 0.1) is 6.61 Å². The van der Waals surface area contributed by atoms with Crippen molar-refractivity contribution in [1.29, 1.82) is 0 Å². The average Bonchev–Trinajstić information content (AvgIpc) is 2.73. The lowest BCUT2D eigenvalue weighted by Gasteiger charge is -2.15. The number of nitrogens with one attached hydrogen (secondary N) is 2. The highest BCUT2D eigenvalue weighted by Gasteiger charge is 2.13. The Balaban J connectivity index is 1.93. The number of hydrogen-bond donors (Lipinski definition) is 2. The lowest BCUT2D eigenvalue weighted by Crippen LogP contribution is -2.20. The van der Waals surface area contributed by atoms with Gasteiger partial charge in [-0.2, -0.15) is 0 Å². The first kappa shape index (κ1) is 24.0. The van der Waals surface area contributed by atoms with E-state index < -0.39 is 0 Å². The summed E-state index contributed by atoms with van der Waals surface area (Å²) in [7, 11) is 0. The molecule has 0 unspecified atom stereocenters. The number of hydrogen-bond acceptors (Lipinski definition) is 5. The standard InChI is InChI=1S/C23H31ClN2O4/c1-4-28-12-6-11-25-15-18-13-21(29-5-2)22(14-20(18)24)30-16-23(27)26-19-9-7-17(3)8-10-19/h7-10,13-14,25H,4-6,11-12,15-16H2,1-3H3,(H,26,27). The summed E-state index contributed by atoms with van der Waals surface area (Å²) in [6, 6.07) is 11.1. The molecule has 2 aromatic rings. The topological polar surface area (TPSA) is 68.8 Å². The first-order valence-electron chi connectivity index (χ1n) is 10.3. The summed E-state index contributed by atoms with van der Waals surface area (Å²) in [5.41, 5.74) is 2.76. The summed E-state index contributed by atoms with van der Waals surface area (Å²) in [5, 5.41) is 6.71. The van der Waals surface area contributed by atoms with Crippen molar-refractivity contribution in [2.24, 2.45) is 0 Å². The van der Waals surface area contributed by atoms with Crippen LogP contribution in [0.15, 0.2) is 36.4 Å². The number of rotatable bonds is 13. The van der Waals surface area contributed by atoms with Gasteiger partial charge in [-0.3, -0.25) is 4.79 Å². The summed E-state index contributed by atoms with van der Waals surface area (Å²) in [5.74, 6) is 0.759. The third-order valence-corrected chi connectivity index (χ3v) is 4.62. The zero-order valence-corrected chi connectivity index (χ0v) is 18.7. The molecule has 2 aromatic carbocycles. The van der Waals surface area contributed by atoms with Crippen LogP contribution in [-0.2, 0) is 16.1 Å². The van der Waals surface area contributed by atoms with Crippen LogP contribution in [0.1, 0.15) is 31.4 Å². The minimum absolute atomic E-state index is 0.140. The maximum absolute atomic E-state index is 12.2. The van der Waals surface area contributed by atoms with Gasteiger partial charge in [0.25, 0.3) is 5.91 Å². The Morgan fingerprint density at radius 2 is 1.77 bits per heavy atom. The van der Waals surface area contributed by atoms with Crippen molar-refractivity contribution in [3.63, 3.8) is 0 Å². The van der Waals surface area contributed by atoms with Crippen molar-refractivity contribution in [1.82, 2.24) is 5.32 Å². The number of carbonyl (C=O) groups excluding carboxylic acids is 1. The Labute approximate surface area is 183 Å². The van der Waals surface area contributed by atoms with Gasteiger partial charge in [0.15, 0.2) is 18.1 Å². The van der Waals surface area contributed by atoms with Crippen LogP contribution in [0.2, 0.25) is 5.02 Å². The quantitative estimate of drug-likeness (QED) is 0.451. The molecule has 0 aliphatic heterocycles. The molecule has 164 valence electrons. The molecule has 7 heteroatoms. The molecule has 6 nitrogen and oxygen atoms in total. The Morgan fingerprint density at radius 1 is 1.03 bits per heavy atom. The molecule has 0 heterocycles. The number of anilines is 1. The van der Waals surface area contributed by atoms with Gasteiger partial charge in [0.2, 0.25) is 0 Å². The molecule has 2 rings (SSSR count). The van der Waals surface area contributed by atoms with E-state index in [9.17, 15) is 4.79 Å². The van der Waals surface area contributed by atoms with Crippen LogP contribution in [0.25, 0.3) is 0 Å². The zero-order valence-electron chi connectivity index (χ0n) is 17.9. The first-order chi connectivity index (χ1) is 14.5. The highest BCUT2D eigenvalue weighted by atomic mass is 35.5. The van der Waals surface area contributed by atoms with E-state index in [-0.39, 0.29) is 12.5 Å². The van der Waals surface area contributed by atoms with E-state index in [0.717, 1.165) is 43.0 Å². The van der Waals surface area contributed by atoms with Gasteiger partial charge < -0.3 is 24.8 Å². The van der Waals surface area contributed by atoms with Gasteiger partial charge in [0, 0.05) is 36.5 Å². The maximum Gasteiger partial charge on any atom is 0.262 e. The van der Waals surface area contributed by atoms with Crippen molar-refractivity contribution in [2.45, 2.75) is 33.7 Å². The Morgan fingerprint density at radius 3 is 2.47 bits per heavy atom. The SMILES string of the molecule is CCOCCCNCc1cc(OCC)c(OCC(=O)Nc2ccc(C)cc2)cc1Cl. The molecule has 0 aromatic heterocycles. The van der Waals surface area contributed by atoms with Crippen LogP contribution in [0, 0.1) is 6.92 Å². The van der Waals surface area contributed by atoms with Crippen molar-refractivity contribution < 1.29 is 19.0 Å². The highest BCUT2D eigenvalue weighted by Crippen LogP contribution is 2.33. The lowest BCUT2D eigenvalue weighted by atomic mass is 10.2. The van der Waals surface area contributed by atoms with E-state index in [1.165, 1.54) is 0 Å². The number of aryl methyl sites for hydroxylation is 1. The van der Waals surface area contributed by atoms with Crippen LogP contribution >= 0.6 is 11.6 Å². The van der Waals surface area contributed by atoms with Crippen molar-refractivity contribution >= 4 is 23.2 Å². The van der Waals surface area contributed by atoms with Gasteiger partial charge in [-0.05, 0) is 57.5 Å². The summed E-state index contributed by atoms with van der Waals surface area (Å²) < 4.78 is 16.7. The van der Waals surface area contributed by atoms with Gasteiger partial charge in [-0.1, -0.05) is 29.3 Å². The molecule has 0 aliphatic rings. The van der Waals surface area contributed by atoms with Gasteiger partial charge in [-0.25, -0.2) is 0 Å². The molecular formula is C23H31ClN2O4. The van der Waals surface area contributed by atoms with E-state index in [1.54, 1.807) is 6.07 Å². The highest BCUT2D eigenvalue weighted by molar-refractivity contribution is 6.31. The number of amides is 1. The van der Waals surface area contributed by atoms with Crippen LogP contribution in [-0.4, -0.2) is 38.9 Å². The molecule has 0 radical (unpaired) electrons. The third-order valence-electron chi connectivity index (χ3n) is 4.27. The molecule has 0 bridgehead atoms. The fourth-order valence-corrected chi connectivity index (χ4v) is 2.96. The Kier molecular flexibility index (Phi) is 10.5. The summed E-state index contributed by atoms with van der Waals surface area (Å²) in [4.78, 5) is 12.2. The predicted octanol–water partition coefficient (Wildman–Crippen LogP) is 4.58. The Hall–Kier alpha value is -2.28. The second kappa shape index (κ2) is 13.1. The smallest absolute Gasteiger partial charge is 0.262 e. The van der Waals surface area contributed by atoms with Crippen molar-refractivity contribution in [3.05, 3.63) is 52.5 Å². The number of carbonyl (C=O) groups is 1. The molecule has 2 N–H and O–H groups in total. The molecule has 0 aliphatic carbocycles. The maximum atomic E-state index is 12.2. The van der Waals surface area contributed by atoms with Crippen LogP contribution < -0.4 is 20.1 Å². The normalized spacial score (nSPS) is 10.7.